The van der Waals surface area contributed by atoms with E-state index in [0.29, 0.717) is 35.7 Å². The number of ether oxygens (including phenoxy) is 1. The van der Waals surface area contributed by atoms with Gasteiger partial charge in [-0.15, -0.1) is 0 Å². The molecule has 0 saturated heterocycles. The molecule has 3 N–H and O–H groups in total. The molecule has 8 nitrogen and oxygen atoms in total. The largest absolute Gasteiger partial charge is 0.480 e. The molecular formula is C15H17N5O3. The van der Waals surface area contributed by atoms with E-state index >= 15 is 0 Å². The molecule has 1 aliphatic carbocycles. The molecule has 1 fully saturated rings. The fourth-order valence-electron chi connectivity index (χ4n) is 2.76. The zero-order chi connectivity index (χ0) is 16.4. The van der Waals surface area contributed by atoms with Gasteiger partial charge in [0.15, 0.2) is 0 Å². The van der Waals surface area contributed by atoms with Crippen LogP contribution in [-0.2, 0) is 9.53 Å². The Bertz CT molecular complexity index is 812. The Morgan fingerprint density at radius 1 is 1.52 bits per heavy atom. The average molecular weight is 315 g/mol. The van der Waals surface area contributed by atoms with Crippen LogP contribution in [0.3, 0.4) is 0 Å². The molecule has 0 radical (unpaired) electrons. The van der Waals surface area contributed by atoms with E-state index in [-0.39, 0.29) is 6.61 Å². The summed E-state index contributed by atoms with van der Waals surface area (Å²) in [5.41, 5.74) is 6.59. The van der Waals surface area contributed by atoms with Crippen LogP contribution in [0, 0.1) is 18.8 Å². The van der Waals surface area contributed by atoms with Crippen molar-refractivity contribution in [1.29, 1.82) is 0 Å². The monoisotopic (exact) mass is 315 g/mol. The second kappa shape index (κ2) is 5.85. The summed E-state index contributed by atoms with van der Waals surface area (Å²) < 4.78 is 6.98. The molecule has 2 heterocycles. The third-order valence-corrected chi connectivity index (χ3v) is 3.94. The lowest BCUT2D eigenvalue weighted by Crippen LogP contribution is -2.29. The Kier molecular flexibility index (Phi) is 3.88. The predicted octanol–water partition coefficient (Wildman–Crippen LogP) is 0.780. The quantitative estimate of drug-likeness (QED) is 0.804. The number of fused-ring (bicyclic) bond motifs is 1. The summed E-state index contributed by atoms with van der Waals surface area (Å²) >= 11 is 0. The van der Waals surface area contributed by atoms with Gasteiger partial charge in [-0.05, 0) is 32.6 Å². The fourth-order valence-corrected chi connectivity index (χ4v) is 2.76. The molecule has 0 atom stereocenters. The smallest absolute Gasteiger partial charge is 0.329 e. The summed E-state index contributed by atoms with van der Waals surface area (Å²) in [5, 5.41) is 12.9. The molecular weight excluding hydrogens is 298 g/mol. The number of hydrogen-bond acceptors (Lipinski definition) is 6. The molecule has 1 aliphatic rings. The van der Waals surface area contributed by atoms with Gasteiger partial charge in [0.2, 0.25) is 0 Å². The second-order valence-corrected chi connectivity index (χ2v) is 5.56. The van der Waals surface area contributed by atoms with Crippen molar-refractivity contribution in [2.24, 2.45) is 0 Å². The van der Waals surface area contributed by atoms with Crippen molar-refractivity contribution >= 4 is 17.6 Å². The molecule has 0 unspecified atom stereocenters. The van der Waals surface area contributed by atoms with Gasteiger partial charge in [-0.1, -0.05) is 11.8 Å². The van der Waals surface area contributed by atoms with Crippen molar-refractivity contribution in [2.45, 2.75) is 38.2 Å². The molecule has 0 aromatic carbocycles. The van der Waals surface area contributed by atoms with Crippen molar-refractivity contribution in [3.8, 4) is 11.8 Å². The molecule has 120 valence electrons. The summed E-state index contributed by atoms with van der Waals surface area (Å²) in [7, 11) is 0. The highest BCUT2D eigenvalue weighted by Crippen LogP contribution is 2.33. The van der Waals surface area contributed by atoms with Gasteiger partial charge in [0.25, 0.3) is 5.78 Å². The number of nitrogens with zero attached hydrogens (tertiary/aromatic N) is 4. The number of carboxylic acid groups (broad SMARTS) is 1. The molecule has 2 aromatic heterocycles. The molecule has 0 bridgehead atoms. The van der Waals surface area contributed by atoms with Crippen molar-refractivity contribution in [3.05, 3.63) is 17.6 Å². The number of nitrogens with two attached hydrogens (primary N) is 1. The van der Waals surface area contributed by atoms with Crippen LogP contribution in [0.5, 0.6) is 0 Å². The number of aryl methyl sites for hydroxylation is 1. The molecule has 8 heteroatoms. The van der Waals surface area contributed by atoms with Crippen molar-refractivity contribution in [3.63, 3.8) is 0 Å². The summed E-state index contributed by atoms with van der Waals surface area (Å²) in [6.45, 7) is 1.44. The predicted molar refractivity (Wildman–Crippen MR) is 81.6 cm³/mol. The number of hydrogen-bond donors (Lipinski definition) is 2. The van der Waals surface area contributed by atoms with Crippen LogP contribution in [0.15, 0.2) is 6.33 Å². The Hall–Kier alpha value is -2.66. The van der Waals surface area contributed by atoms with Crippen LogP contribution in [0.4, 0.5) is 5.82 Å². The van der Waals surface area contributed by atoms with Crippen molar-refractivity contribution in [1.82, 2.24) is 19.6 Å². The zero-order valence-electron chi connectivity index (χ0n) is 12.7. The lowest BCUT2D eigenvalue weighted by molar-refractivity contribution is -0.146. The maximum atomic E-state index is 10.8. The highest BCUT2D eigenvalue weighted by molar-refractivity contribution is 5.68. The molecule has 2 aromatic rings. The third-order valence-electron chi connectivity index (χ3n) is 3.94. The molecule has 3 rings (SSSR count). The molecule has 0 amide bonds. The van der Waals surface area contributed by atoms with Gasteiger partial charge in [-0.3, -0.25) is 0 Å². The van der Waals surface area contributed by atoms with Crippen LogP contribution in [0.1, 0.15) is 36.9 Å². The summed E-state index contributed by atoms with van der Waals surface area (Å²) in [6, 6.07) is 0. The summed E-state index contributed by atoms with van der Waals surface area (Å²) in [5.74, 6) is 5.90. The Morgan fingerprint density at radius 3 is 2.96 bits per heavy atom. The summed E-state index contributed by atoms with van der Waals surface area (Å²) in [6.07, 6.45) is 4.73. The van der Waals surface area contributed by atoms with E-state index in [4.69, 9.17) is 15.6 Å². The average Bonchev–Trinajstić information content (AvgIpc) is 3.14. The van der Waals surface area contributed by atoms with Crippen LogP contribution in [-0.4, -0.2) is 42.9 Å². The lowest BCUT2D eigenvalue weighted by atomic mass is 10.0. The van der Waals surface area contributed by atoms with E-state index in [1.54, 1.807) is 6.92 Å². The van der Waals surface area contributed by atoms with Gasteiger partial charge in [-0.25, -0.2) is 9.78 Å². The van der Waals surface area contributed by atoms with Crippen LogP contribution < -0.4 is 5.73 Å². The number of aromatic nitrogens is 4. The minimum Gasteiger partial charge on any atom is -0.480 e. The molecule has 1 saturated carbocycles. The maximum Gasteiger partial charge on any atom is 0.329 e. The van der Waals surface area contributed by atoms with E-state index in [9.17, 15) is 4.79 Å². The lowest BCUT2D eigenvalue weighted by Gasteiger charge is -2.22. The molecule has 23 heavy (non-hydrogen) atoms. The standard InChI is InChI=1S/C15H17N5O3/c1-10-11(13(16)20-14(19-10)17-9-18-20)4-7-15(5-2-3-6-15)23-8-12(21)22/h9H,2-3,5-6,8,16H2,1H3,(H,21,22). The second-order valence-electron chi connectivity index (χ2n) is 5.56. The first-order valence-electron chi connectivity index (χ1n) is 7.35. The SMILES string of the molecule is Cc1nc2ncnn2c(N)c1C#CC1(OCC(=O)O)CCCC1. The normalized spacial score (nSPS) is 16.2. The van der Waals surface area contributed by atoms with Crippen LogP contribution in [0.2, 0.25) is 0 Å². The van der Waals surface area contributed by atoms with Crippen molar-refractivity contribution in [2.75, 3.05) is 12.3 Å². The molecule has 0 aliphatic heterocycles. The Labute approximate surface area is 132 Å². The first kappa shape index (κ1) is 15.2. The van der Waals surface area contributed by atoms with Gasteiger partial charge in [0.1, 0.15) is 24.4 Å². The first-order valence-corrected chi connectivity index (χ1v) is 7.35. The maximum absolute atomic E-state index is 10.8. The minimum absolute atomic E-state index is 0.358. The van der Waals surface area contributed by atoms with Gasteiger partial charge < -0.3 is 15.6 Å². The van der Waals surface area contributed by atoms with Crippen LogP contribution in [0.25, 0.3) is 5.78 Å². The number of nitrogen functional groups attached to an aromatic ring is 1. The summed E-state index contributed by atoms with van der Waals surface area (Å²) in [4.78, 5) is 19.1. The highest BCUT2D eigenvalue weighted by Gasteiger charge is 2.33. The van der Waals surface area contributed by atoms with Gasteiger partial charge in [0, 0.05) is 0 Å². The van der Waals surface area contributed by atoms with Gasteiger partial charge in [0.05, 0.1) is 11.3 Å². The third kappa shape index (κ3) is 2.96. The Balaban J connectivity index is 1.97. The van der Waals surface area contributed by atoms with E-state index in [0.717, 1.165) is 12.8 Å². The highest BCUT2D eigenvalue weighted by atomic mass is 16.5. The van der Waals surface area contributed by atoms with E-state index in [1.165, 1.54) is 10.8 Å². The molecule has 0 spiro atoms. The van der Waals surface area contributed by atoms with E-state index in [2.05, 4.69) is 26.9 Å². The zero-order valence-corrected chi connectivity index (χ0v) is 12.7. The van der Waals surface area contributed by atoms with Gasteiger partial charge in [-0.2, -0.15) is 14.6 Å². The Morgan fingerprint density at radius 2 is 2.26 bits per heavy atom. The van der Waals surface area contributed by atoms with Crippen molar-refractivity contribution < 1.29 is 14.6 Å². The minimum atomic E-state index is -1.00. The number of anilines is 1. The number of aliphatic carboxylic acids is 1. The van der Waals surface area contributed by atoms with Gasteiger partial charge >= 0.3 is 5.97 Å². The topological polar surface area (TPSA) is 116 Å². The van der Waals surface area contributed by atoms with E-state index < -0.39 is 11.6 Å². The number of rotatable bonds is 3. The van der Waals surface area contributed by atoms with Crippen LogP contribution >= 0.6 is 0 Å². The van der Waals surface area contributed by atoms with E-state index in [1.807, 2.05) is 0 Å². The number of carboxylic acids is 1. The first-order chi connectivity index (χ1) is 11.0. The number of carbonyl (C=O) groups is 1. The fraction of sp³-hybridized carbons (Fsp3) is 0.467.